The van der Waals surface area contributed by atoms with Gasteiger partial charge in [0.25, 0.3) is 5.91 Å². The molecule has 3 N–H and O–H groups in total. The van der Waals surface area contributed by atoms with E-state index in [0.717, 1.165) is 37.4 Å². The molecule has 0 aromatic heterocycles. The van der Waals surface area contributed by atoms with Crippen molar-refractivity contribution in [3.05, 3.63) is 94.3 Å². The zero-order valence-corrected chi connectivity index (χ0v) is 24.0. The van der Waals surface area contributed by atoms with E-state index in [2.05, 4.69) is 10.6 Å². The molecule has 3 unspecified atom stereocenters. The van der Waals surface area contributed by atoms with Gasteiger partial charge in [-0.15, -0.1) is 0 Å². The van der Waals surface area contributed by atoms with E-state index in [9.17, 15) is 32.3 Å². The van der Waals surface area contributed by atoms with E-state index in [1.54, 1.807) is 25.1 Å². The summed E-state index contributed by atoms with van der Waals surface area (Å²) in [6.45, 7) is 2.79. The SMILES string of the molecule is Cc1ccc(NC(=O)C2CC(O)CN(C(=O)c3c(C)cccc3F)C2c2ccc(NC3CCCC3)cc2)cc1C(F)(F)F. The van der Waals surface area contributed by atoms with Crippen molar-refractivity contribution in [3.8, 4) is 0 Å². The number of carbonyl (C=O) groups excluding carboxylic acids is 2. The number of aryl methyl sites for hydroxylation is 2. The summed E-state index contributed by atoms with van der Waals surface area (Å²) >= 11 is 0. The lowest BCUT2D eigenvalue weighted by molar-refractivity contribution is -0.138. The summed E-state index contributed by atoms with van der Waals surface area (Å²) in [4.78, 5) is 28.9. The maximum absolute atomic E-state index is 14.9. The van der Waals surface area contributed by atoms with Crippen LogP contribution >= 0.6 is 0 Å². The maximum atomic E-state index is 14.9. The molecule has 2 aliphatic rings. The zero-order chi connectivity index (χ0) is 30.9. The molecule has 3 aromatic carbocycles. The van der Waals surface area contributed by atoms with Crippen LogP contribution in [-0.2, 0) is 11.0 Å². The number of anilines is 2. The summed E-state index contributed by atoms with van der Waals surface area (Å²) < 4.78 is 55.6. The molecule has 43 heavy (non-hydrogen) atoms. The minimum atomic E-state index is -4.61. The lowest BCUT2D eigenvalue weighted by atomic mass is 9.82. The second kappa shape index (κ2) is 12.4. The Bertz CT molecular complexity index is 1470. The molecule has 0 spiro atoms. The number of hydrogen-bond acceptors (Lipinski definition) is 4. The number of alkyl halides is 3. The number of aliphatic hydroxyl groups is 1. The summed E-state index contributed by atoms with van der Waals surface area (Å²) in [7, 11) is 0. The number of hydrogen-bond donors (Lipinski definition) is 3. The fraction of sp³-hybridized carbons (Fsp3) is 0.394. The maximum Gasteiger partial charge on any atom is 0.416 e. The van der Waals surface area contributed by atoms with Gasteiger partial charge in [-0.05, 0) is 80.1 Å². The number of carbonyl (C=O) groups is 2. The Morgan fingerprint density at radius 3 is 2.26 bits per heavy atom. The third kappa shape index (κ3) is 6.69. The summed E-state index contributed by atoms with van der Waals surface area (Å²) in [6.07, 6.45) is -1.30. The van der Waals surface area contributed by atoms with Crippen LogP contribution in [0.4, 0.5) is 28.9 Å². The van der Waals surface area contributed by atoms with Gasteiger partial charge in [0.1, 0.15) is 5.82 Å². The van der Waals surface area contributed by atoms with Crippen molar-refractivity contribution in [2.24, 2.45) is 5.92 Å². The third-order valence-electron chi connectivity index (χ3n) is 8.47. The predicted molar refractivity (Wildman–Crippen MR) is 156 cm³/mol. The van der Waals surface area contributed by atoms with Gasteiger partial charge in [0.05, 0.1) is 29.2 Å². The van der Waals surface area contributed by atoms with E-state index < -0.39 is 47.4 Å². The molecule has 228 valence electrons. The first-order valence-corrected chi connectivity index (χ1v) is 14.5. The molecule has 10 heteroatoms. The Labute approximate surface area is 248 Å². The highest BCUT2D eigenvalue weighted by Crippen LogP contribution is 2.40. The number of nitrogens with zero attached hydrogens (tertiary/aromatic N) is 1. The fourth-order valence-electron chi connectivity index (χ4n) is 6.30. The molecule has 1 aliphatic heterocycles. The first-order chi connectivity index (χ1) is 20.4. The standard InChI is InChI=1S/C33H35F4N3O3/c1-19-10-13-24(16-27(19)33(35,36)37)39-31(42)26-17-25(41)18-40(32(43)29-20(2)6-5-9-28(29)34)30(26)21-11-14-23(15-12-21)38-22-7-3-4-8-22/h5-6,9-16,22,25-26,30,38,41H,3-4,7-8,17-18H2,1-2H3,(H,39,42). The highest BCUT2D eigenvalue weighted by molar-refractivity contribution is 5.98. The van der Waals surface area contributed by atoms with Gasteiger partial charge >= 0.3 is 6.18 Å². The van der Waals surface area contributed by atoms with E-state index >= 15 is 0 Å². The van der Waals surface area contributed by atoms with E-state index in [1.165, 1.54) is 36.1 Å². The Kier molecular flexibility index (Phi) is 8.78. The minimum Gasteiger partial charge on any atom is -0.391 e. The number of aliphatic hydroxyl groups excluding tert-OH is 1. The van der Waals surface area contributed by atoms with Gasteiger partial charge in [0.15, 0.2) is 0 Å². The van der Waals surface area contributed by atoms with Crippen molar-refractivity contribution >= 4 is 23.2 Å². The second-order valence-electron chi connectivity index (χ2n) is 11.6. The predicted octanol–water partition coefficient (Wildman–Crippen LogP) is 7.02. The number of amides is 2. The lowest BCUT2D eigenvalue weighted by Crippen LogP contribution is -2.51. The van der Waals surface area contributed by atoms with Crippen molar-refractivity contribution in [1.82, 2.24) is 4.90 Å². The third-order valence-corrected chi connectivity index (χ3v) is 8.47. The summed E-state index contributed by atoms with van der Waals surface area (Å²) in [5.74, 6) is -3.10. The quantitative estimate of drug-likeness (QED) is 0.267. The van der Waals surface area contributed by atoms with Gasteiger partial charge in [-0.3, -0.25) is 9.59 Å². The molecule has 1 heterocycles. The minimum absolute atomic E-state index is 0.0137. The molecule has 3 aromatic rings. The van der Waals surface area contributed by atoms with Crippen LogP contribution in [0.25, 0.3) is 0 Å². The number of β-amino-alcohol motifs (C(OH)–C–C–N with tert-alkyl or cyclic N) is 1. The monoisotopic (exact) mass is 597 g/mol. The Balaban J connectivity index is 1.51. The molecule has 2 amide bonds. The number of rotatable bonds is 6. The topological polar surface area (TPSA) is 81.7 Å². The highest BCUT2D eigenvalue weighted by atomic mass is 19.4. The molecule has 1 saturated heterocycles. The lowest BCUT2D eigenvalue weighted by Gasteiger charge is -2.43. The van der Waals surface area contributed by atoms with Crippen LogP contribution in [-0.4, -0.2) is 40.5 Å². The van der Waals surface area contributed by atoms with Crippen molar-refractivity contribution in [2.45, 2.75) is 70.3 Å². The molecule has 1 aliphatic carbocycles. The average molecular weight is 598 g/mol. The molecular weight excluding hydrogens is 562 g/mol. The van der Waals surface area contributed by atoms with E-state index in [-0.39, 0.29) is 29.8 Å². The molecule has 6 nitrogen and oxygen atoms in total. The molecule has 0 radical (unpaired) electrons. The van der Waals surface area contributed by atoms with Gasteiger partial charge in [0.2, 0.25) is 5.91 Å². The van der Waals surface area contributed by atoms with E-state index in [1.807, 2.05) is 12.1 Å². The zero-order valence-electron chi connectivity index (χ0n) is 24.0. The van der Waals surface area contributed by atoms with Crippen LogP contribution in [0.3, 0.4) is 0 Å². The highest BCUT2D eigenvalue weighted by Gasteiger charge is 2.44. The summed E-state index contributed by atoms with van der Waals surface area (Å²) in [6, 6.07) is 14.6. The van der Waals surface area contributed by atoms with Gasteiger partial charge in [0, 0.05) is 24.0 Å². The van der Waals surface area contributed by atoms with Crippen LogP contribution in [0.1, 0.15) is 70.8 Å². The number of benzene rings is 3. The van der Waals surface area contributed by atoms with Crippen LogP contribution in [0.15, 0.2) is 60.7 Å². The van der Waals surface area contributed by atoms with E-state index in [0.29, 0.717) is 17.2 Å². The Morgan fingerprint density at radius 1 is 0.930 bits per heavy atom. The Morgan fingerprint density at radius 2 is 1.60 bits per heavy atom. The molecular formula is C33H35F4N3O3. The van der Waals surface area contributed by atoms with Gasteiger partial charge in [-0.25, -0.2) is 4.39 Å². The van der Waals surface area contributed by atoms with Crippen molar-refractivity contribution in [2.75, 3.05) is 17.2 Å². The molecule has 1 saturated carbocycles. The van der Waals surface area contributed by atoms with E-state index in [4.69, 9.17) is 0 Å². The van der Waals surface area contributed by atoms with Crippen LogP contribution in [0.5, 0.6) is 0 Å². The number of halogens is 4. The summed E-state index contributed by atoms with van der Waals surface area (Å²) in [5.41, 5.74) is 0.804. The first kappa shape index (κ1) is 30.5. The van der Waals surface area contributed by atoms with Crippen LogP contribution < -0.4 is 10.6 Å². The first-order valence-electron chi connectivity index (χ1n) is 14.5. The number of nitrogens with one attached hydrogen (secondary N) is 2. The normalized spacial score (nSPS) is 21.1. The molecule has 3 atom stereocenters. The van der Waals surface area contributed by atoms with Crippen molar-refractivity contribution in [3.63, 3.8) is 0 Å². The number of likely N-dealkylation sites (tertiary alicyclic amines) is 1. The van der Waals surface area contributed by atoms with Crippen LogP contribution in [0, 0.1) is 25.6 Å². The summed E-state index contributed by atoms with van der Waals surface area (Å²) in [5, 5.41) is 16.9. The Hall–Kier alpha value is -3.92. The molecule has 0 bridgehead atoms. The molecule has 5 rings (SSSR count). The fourth-order valence-corrected chi connectivity index (χ4v) is 6.30. The van der Waals surface area contributed by atoms with Crippen molar-refractivity contribution in [1.29, 1.82) is 0 Å². The largest absolute Gasteiger partial charge is 0.416 e. The number of piperidine rings is 1. The van der Waals surface area contributed by atoms with Gasteiger partial charge < -0.3 is 20.6 Å². The van der Waals surface area contributed by atoms with Gasteiger partial charge in [-0.1, -0.05) is 43.2 Å². The average Bonchev–Trinajstić information content (AvgIpc) is 3.46. The second-order valence-corrected chi connectivity index (χ2v) is 11.6. The van der Waals surface area contributed by atoms with Crippen LogP contribution in [0.2, 0.25) is 0 Å². The van der Waals surface area contributed by atoms with Gasteiger partial charge in [-0.2, -0.15) is 13.2 Å². The van der Waals surface area contributed by atoms with Crippen molar-refractivity contribution < 1.29 is 32.3 Å². The smallest absolute Gasteiger partial charge is 0.391 e. The molecule has 2 fully saturated rings.